The summed E-state index contributed by atoms with van der Waals surface area (Å²) in [5, 5.41) is 0. The standard InChI is InChI=1S/C11H14ClIO2S/c1-2-15-10(14)6-4-3-5-8-7-9(13)16-11(8)12/h7H,2-6H2,1H3. The molecule has 1 rings (SSSR count). The van der Waals surface area contributed by atoms with Gasteiger partial charge < -0.3 is 4.74 Å². The SMILES string of the molecule is CCOC(=O)CCCCc1cc(I)sc1Cl. The number of unbranched alkanes of at least 4 members (excludes halogenated alkanes) is 1. The Morgan fingerprint density at radius 2 is 2.31 bits per heavy atom. The molecule has 0 spiro atoms. The highest BCUT2D eigenvalue weighted by Crippen LogP contribution is 2.29. The number of halogens is 2. The maximum atomic E-state index is 11.1. The largest absolute Gasteiger partial charge is 0.466 e. The third-order valence-corrected chi connectivity index (χ3v) is 4.31. The fourth-order valence-electron chi connectivity index (χ4n) is 1.36. The summed E-state index contributed by atoms with van der Waals surface area (Å²) in [6, 6.07) is 2.11. The molecule has 0 fully saturated rings. The van der Waals surface area contributed by atoms with Crippen molar-refractivity contribution in [3.63, 3.8) is 0 Å². The molecule has 16 heavy (non-hydrogen) atoms. The summed E-state index contributed by atoms with van der Waals surface area (Å²) in [5.41, 5.74) is 1.19. The summed E-state index contributed by atoms with van der Waals surface area (Å²) < 4.78 is 6.94. The van der Waals surface area contributed by atoms with E-state index in [-0.39, 0.29) is 5.97 Å². The molecule has 0 bridgehead atoms. The molecule has 0 aliphatic rings. The lowest BCUT2D eigenvalue weighted by Gasteiger charge is -2.01. The van der Waals surface area contributed by atoms with Gasteiger partial charge >= 0.3 is 5.97 Å². The first kappa shape index (κ1) is 14.3. The highest BCUT2D eigenvalue weighted by atomic mass is 127. The van der Waals surface area contributed by atoms with Crippen LogP contribution in [-0.2, 0) is 16.0 Å². The van der Waals surface area contributed by atoms with Gasteiger partial charge in [0, 0.05) is 6.42 Å². The predicted molar refractivity (Wildman–Crippen MR) is 76.2 cm³/mol. The van der Waals surface area contributed by atoms with Gasteiger partial charge in [0.1, 0.15) is 0 Å². The van der Waals surface area contributed by atoms with Gasteiger partial charge in [0.25, 0.3) is 0 Å². The molecule has 0 atom stereocenters. The molecule has 0 aliphatic heterocycles. The minimum Gasteiger partial charge on any atom is -0.466 e. The van der Waals surface area contributed by atoms with Gasteiger partial charge in [0.05, 0.1) is 13.8 Å². The number of hydrogen-bond donors (Lipinski definition) is 0. The third kappa shape index (κ3) is 5.01. The fraction of sp³-hybridized carbons (Fsp3) is 0.545. The lowest BCUT2D eigenvalue weighted by atomic mass is 10.1. The molecule has 0 saturated heterocycles. The normalized spacial score (nSPS) is 10.4. The van der Waals surface area contributed by atoms with Crippen molar-refractivity contribution in [2.24, 2.45) is 0 Å². The van der Waals surface area contributed by atoms with Crippen LogP contribution in [0.3, 0.4) is 0 Å². The number of carbonyl (C=O) groups excluding carboxylic acids is 1. The molecular weight excluding hydrogens is 359 g/mol. The average molecular weight is 373 g/mol. The van der Waals surface area contributed by atoms with Gasteiger partial charge in [-0.2, -0.15) is 0 Å². The van der Waals surface area contributed by atoms with Gasteiger partial charge in [0.2, 0.25) is 0 Å². The van der Waals surface area contributed by atoms with E-state index in [1.165, 1.54) is 8.45 Å². The Kier molecular flexibility index (Phi) is 6.68. The van der Waals surface area contributed by atoms with Crippen LogP contribution in [0.15, 0.2) is 6.07 Å². The monoisotopic (exact) mass is 372 g/mol. The van der Waals surface area contributed by atoms with Crippen LogP contribution in [0.4, 0.5) is 0 Å². The Morgan fingerprint density at radius 3 is 2.88 bits per heavy atom. The van der Waals surface area contributed by atoms with E-state index in [9.17, 15) is 4.79 Å². The van der Waals surface area contributed by atoms with E-state index in [1.807, 2.05) is 6.92 Å². The Balaban J connectivity index is 2.21. The van der Waals surface area contributed by atoms with Gasteiger partial charge in [-0.25, -0.2) is 0 Å². The zero-order valence-corrected chi connectivity index (χ0v) is 12.8. The second kappa shape index (κ2) is 7.50. The molecule has 1 heterocycles. The van der Waals surface area contributed by atoms with Crippen molar-refractivity contribution in [2.45, 2.75) is 32.6 Å². The number of rotatable bonds is 6. The highest BCUT2D eigenvalue weighted by Gasteiger charge is 2.06. The van der Waals surface area contributed by atoms with Crippen molar-refractivity contribution in [3.05, 3.63) is 18.9 Å². The highest BCUT2D eigenvalue weighted by molar-refractivity contribution is 14.1. The van der Waals surface area contributed by atoms with Crippen LogP contribution < -0.4 is 0 Å². The quantitative estimate of drug-likeness (QED) is 0.423. The minimum atomic E-state index is -0.103. The first-order valence-electron chi connectivity index (χ1n) is 5.22. The first-order valence-corrected chi connectivity index (χ1v) is 7.50. The topological polar surface area (TPSA) is 26.3 Å². The zero-order valence-electron chi connectivity index (χ0n) is 9.09. The molecule has 0 aliphatic carbocycles. The summed E-state index contributed by atoms with van der Waals surface area (Å²) in [4.78, 5) is 11.1. The molecular formula is C11H14ClIO2S. The second-order valence-corrected chi connectivity index (χ2v) is 6.91. The molecule has 1 aromatic heterocycles. The number of ether oxygens (including phenoxy) is 1. The molecule has 0 N–H and O–H groups in total. The average Bonchev–Trinajstić information content (AvgIpc) is 2.53. The van der Waals surface area contributed by atoms with Crippen molar-refractivity contribution in [2.75, 3.05) is 6.61 Å². The molecule has 5 heteroatoms. The van der Waals surface area contributed by atoms with Crippen LogP contribution in [0.2, 0.25) is 4.34 Å². The van der Waals surface area contributed by atoms with E-state index in [4.69, 9.17) is 16.3 Å². The van der Waals surface area contributed by atoms with Gasteiger partial charge in [-0.05, 0) is 60.4 Å². The lowest BCUT2D eigenvalue weighted by molar-refractivity contribution is -0.143. The smallest absolute Gasteiger partial charge is 0.305 e. The number of aryl methyl sites for hydroxylation is 1. The van der Waals surface area contributed by atoms with E-state index in [0.717, 1.165) is 23.6 Å². The molecule has 2 nitrogen and oxygen atoms in total. The van der Waals surface area contributed by atoms with E-state index >= 15 is 0 Å². The van der Waals surface area contributed by atoms with Crippen molar-refractivity contribution < 1.29 is 9.53 Å². The Labute approximate surface area is 118 Å². The summed E-state index contributed by atoms with van der Waals surface area (Å²) in [5.74, 6) is -0.103. The van der Waals surface area contributed by atoms with E-state index in [2.05, 4.69) is 28.7 Å². The molecule has 0 aromatic carbocycles. The van der Waals surface area contributed by atoms with Gasteiger partial charge in [0.15, 0.2) is 0 Å². The van der Waals surface area contributed by atoms with Crippen molar-refractivity contribution in [3.8, 4) is 0 Å². The molecule has 0 saturated carbocycles. The maximum Gasteiger partial charge on any atom is 0.305 e. The van der Waals surface area contributed by atoms with Crippen molar-refractivity contribution >= 4 is 51.5 Å². The van der Waals surface area contributed by atoms with Gasteiger partial charge in [-0.1, -0.05) is 11.6 Å². The summed E-state index contributed by atoms with van der Waals surface area (Å²) in [6.45, 7) is 2.29. The Hall–Kier alpha value is 0.190. The number of thiophene rings is 1. The second-order valence-electron chi connectivity index (χ2n) is 3.36. The minimum absolute atomic E-state index is 0.103. The van der Waals surface area contributed by atoms with Crippen LogP contribution in [0.25, 0.3) is 0 Å². The summed E-state index contributed by atoms with van der Waals surface area (Å²) in [7, 11) is 0. The van der Waals surface area contributed by atoms with E-state index in [1.54, 1.807) is 11.3 Å². The van der Waals surface area contributed by atoms with E-state index < -0.39 is 0 Å². The molecule has 90 valence electrons. The zero-order chi connectivity index (χ0) is 12.0. The maximum absolute atomic E-state index is 11.1. The summed E-state index contributed by atoms with van der Waals surface area (Å²) in [6.07, 6.45) is 3.29. The molecule has 1 aromatic rings. The number of hydrogen-bond acceptors (Lipinski definition) is 3. The van der Waals surface area contributed by atoms with E-state index in [0.29, 0.717) is 13.0 Å². The predicted octanol–water partition coefficient (Wildman–Crippen LogP) is 4.28. The summed E-state index contributed by atoms with van der Waals surface area (Å²) >= 11 is 9.93. The lowest BCUT2D eigenvalue weighted by Crippen LogP contribution is -2.03. The third-order valence-electron chi connectivity index (χ3n) is 2.11. The van der Waals surface area contributed by atoms with Crippen molar-refractivity contribution in [1.82, 2.24) is 0 Å². The van der Waals surface area contributed by atoms with Crippen LogP contribution in [0, 0.1) is 2.88 Å². The number of esters is 1. The van der Waals surface area contributed by atoms with Crippen LogP contribution in [0.5, 0.6) is 0 Å². The van der Waals surface area contributed by atoms with Crippen LogP contribution >= 0.6 is 45.5 Å². The molecule has 0 amide bonds. The van der Waals surface area contributed by atoms with Crippen molar-refractivity contribution in [1.29, 1.82) is 0 Å². The Bertz CT molecular complexity index is 352. The number of carbonyl (C=O) groups is 1. The first-order chi connectivity index (χ1) is 7.63. The van der Waals surface area contributed by atoms with Crippen LogP contribution in [0.1, 0.15) is 31.7 Å². The van der Waals surface area contributed by atoms with Gasteiger partial charge in [-0.15, -0.1) is 11.3 Å². The molecule has 0 radical (unpaired) electrons. The van der Waals surface area contributed by atoms with Gasteiger partial charge in [-0.3, -0.25) is 4.79 Å². The molecule has 0 unspecified atom stereocenters. The fourth-order valence-corrected chi connectivity index (χ4v) is 3.85. The Morgan fingerprint density at radius 1 is 1.56 bits per heavy atom. The van der Waals surface area contributed by atoms with Crippen LogP contribution in [-0.4, -0.2) is 12.6 Å².